The first-order valence-corrected chi connectivity index (χ1v) is 9.22. The van der Waals surface area contributed by atoms with Crippen molar-refractivity contribution < 1.29 is 29.3 Å². The molecule has 1 unspecified atom stereocenters. The van der Waals surface area contributed by atoms with E-state index in [-0.39, 0.29) is 5.78 Å². The van der Waals surface area contributed by atoms with Crippen LogP contribution in [0.4, 0.5) is 0 Å². The fourth-order valence-electron chi connectivity index (χ4n) is 2.86. The van der Waals surface area contributed by atoms with E-state index < -0.39 is 11.9 Å². The average molecular weight is 379 g/mol. The second-order valence-corrected chi connectivity index (χ2v) is 6.68. The normalized spacial score (nSPS) is 16.9. The lowest BCUT2D eigenvalue weighted by molar-refractivity contribution is -0.159. The van der Waals surface area contributed by atoms with Crippen LogP contribution in [-0.2, 0) is 20.9 Å². The van der Waals surface area contributed by atoms with Gasteiger partial charge >= 0.3 is 11.9 Å². The first-order valence-electron chi connectivity index (χ1n) is 9.22. The van der Waals surface area contributed by atoms with Gasteiger partial charge in [-0.1, -0.05) is 38.1 Å². The molecule has 1 atom stereocenters. The Morgan fingerprint density at radius 3 is 2.30 bits per heavy atom. The van der Waals surface area contributed by atoms with Gasteiger partial charge in [-0.3, -0.25) is 4.79 Å². The summed E-state index contributed by atoms with van der Waals surface area (Å²) in [4.78, 5) is 32.2. The molecule has 1 aliphatic heterocycles. The van der Waals surface area contributed by atoms with Gasteiger partial charge in [0.25, 0.3) is 0 Å². The Bertz CT molecular complexity index is 601. The molecule has 150 valence electrons. The molecule has 0 amide bonds. The van der Waals surface area contributed by atoms with E-state index in [1.807, 2.05) is 31.2 Å². The molecule has 0 aliphatic carbocycles. The molecule has 0 radical (unpaired) electrons. The molecule has 27 heavy (non-hydrogen) atoms. The van der Waals surface area contributed by atoms with Gasteiger partial charge in [0.05, 0.1) is 13.2 Å². The topological polar surface area (TPSA) is 104 Å². The highest BCUT2D eigenvalue weighted by Gasteiger charge is 2.15. The standard InChI is InChI=1S/C18H27NO2.C2H2O4/c1-3-18(20)17-8-6-16(7-9-17)14-21-12-11-19-10-4-5-15(2)13-19;3-1(4)2(5)6/h6-9,15H,3-5,10-14H2,1-2H3;(H,3,4)(H,5,6). The minimum atomic E-state index is -1.82. The first-order chi connectivity index (χ1) is 12.8. The number of carboxylic acids is 2. The number of benzene rings is 1. The van der Waals surface area contributed by atoms with Gasteiger partial charge in [-0.15, -0.1) is 0 Å². The summed E-state index contributed by atoms with van der Waals surface area (Å²) in [5.74, 6) is -2.63. The smallest absolute Gasteiger partial charge is 0.414 e. The third-order valence-corrected chi connectivity index (χ3v) is 4.34. The molecule has 1 aromatic rings. The van der Waals surface area contributed by atoms with Crippen molar-refractivity contribution in [1.82, 2.24) is 4.90 Å². The van der Waals surface area contributed by atoms with Crippen molar-refractivity contribution in [3.05, 3.63) is 35.4 Å². The van der Waals surface area contributed by atoms with Crippen LogP contribution in [0.1, 0.15) is 49.0 Å². The molecule has 1 aliphatic rings. The minimum absolute atomic E-state index is 0.196. The largest absolute Gasteiger partial charge is 0.473 e. The molecule has 2 rings (SSSR count). The maximum Gasteiger partial charge on any atom is 0.414 e. The first kappa shape index (κ1) is 22.8. The Hall–Kier alpha value is -2.25. The second kappa shape index (κ2) is 12.2. The molecule has 2 N–H and O–H groups in total. The zero-order valence-electron chi connectivity index (χ0n) is 16.0. The Balaban J connectivity index is 0.000000527. The molecule has 7 heteroatoms. The quantitative estimate of drug-likeness (QED) is 0.426. The highest BCUT2D eigenvalue weighted by Crippen LogP contribution is 2.15. The van der Waals surface area contributed by atoms with Crippen LogP contribution < -0.4 is 0 Å². The molecule has 0 aromatic heterocycles. The van der Waals surface area contributed by atoms with Gasteiger partial charge in [0.2, 0.25) is 0 Å². The molecule has 1 aromatic carbocycles. The number of hydrogen-bond acceptors (Lipinski definition) is 5. The monoisotopic (exact) mass is 379 g/mol. The van der Waals surface area contributed by atoms with Gasteiger partial charge in [0.1, 0.15) is 0 Å². The summed E-state index contributed by atoms with van der Waals surface area (Å²) in [5.41, 5.74) is 1.93. The zero-order valence-corrected chi connectivity index (χ0v) is 16.0. The number of ketones is 1. The molecule has 0 spiro atoms. The van der Waals surface area contributed by atoms with Gasteiger partial charge in [-0.25, -0.2) is 9.59 Å². The van der Waals surface area contributed by atoms with Crippen LogP contribution >= 0.6 is 0 Å². The van der Waals surface area contributed by atoms with E-state index in [0.29, 0.717) is 13.0 Å². The zero-order chi connectivity index (χ0) is 20.2. The number of nitrogens with zero attached hydrogens (tertiary/aromatic N) is 1. The van der Waals surface area contributed by atoms with Crippen LogP contribution in [0.25, 0.3) is 0 Å². The lowest BCUT2D eigenvalue weighted by Crippen LogP contribution is -2.36. The van der Waals surface area contributed by atoms with Gasteiger partial charge in [0, 0.05) is 25.1 Å². The fourth-order valence-corrected chi connectivity index (χ4v) is 2.86. The van der Waals surface area contributed by atoms with Crippen molar-refractivity contribution in [2.75, 3.05) is 26.2 Å². The van der Waals surface area contributed by atoms with Crippen molar-refractivity contribution in [1.29, 1.82) is 0 Å². The number of Topliss-reactive ketones (excluding diaryl/α,β-unsaturated/α-hetero) is 1. The predicted molar refractivity (Wildman–Crippen MR) is 101 cm³/mol. The van der Waals surface area contributed by atoms with Crippen LogP contribution in [0.15, 0.2) is 24.3 Å². The van der Waals surface area contributed by atoms with E-state index in [9.17, 15) is 4.79 Å². The van der Waals surface area contributed by atoms with Gasteiger partial charge in [-0.05, 0) is 30.9 Å². The minimum Gasteiger partial charge on any atom is -0.473 e. The molecule has 0 saturated carbocycles. The molecular weight excluding hydrogens is 350 g/mol. The number of ether oxygens (including phenoxy) is 1. The van der Waals surface area contributed by atoms with Crippen LogP contribution in [0, 0.1) is 5.92 Å². The Morgan fingerprint density at radius 2 is 1.78 bits per heavy atom. The molecule has 1 fully saturated rings. The van der Waals surface area contributed by atoms with E-state index in [0.717, 1.165) is 30.2 Å². The van der Waals surface area contributed by atoms with Crippen LogP contribution in [0.3, 0.4) is 0 Å². The summed E-state index contributed by atoms with van der Waals surface area (Å²) in [6.07, 6.45) is 3.23. The molecular formula is C20H29NO6. The van der Waals surface area contributed by atoms with Gasteiger partial charge in [0.15, 0.2) is 5.78 Å². The van der Waals surface area contributed by atoms with Crippen LogP contribution in [0.2, 0.25) is 0 Å². The predicted octanol–water partition coefficient (Wildman–Crippen LogP) is 2.68. The third-order valence-electron chi connectivity index (χ3n) is 4.34. The van der Waals surface area contributed by atoms with Crippen LogP contribution in [0.5, 0.6) is 0 Å². The molecule has 1 saturated heterocycles. The Labute approximate surface area is 159 Å². The molecule has 7 nitrogen and oxygen atoms in total. The number of piperidine rings is 1. The van der Waals surface area contributed by atoms with Crippen molar-refractivity contribution in [3.63, 3.8) is 0 Å². The third kappa shape index (κ3) is 9.30. The summed E-state index contributed by atoms with van der Waals surface area (Å²) in [6, 6.07) is 7.78. The Morgan fingerprint density at radius 1 is 1.15 bits per heavy atom. The summed E-state index contributed by atoms with van der Waals surface area (Å²) in [7, 11) is 0. The number of rotatable bonds is 7. The number of carbonyl (C=O) groups excluding carboxylic acids is 1. The average Bonchev–Trinajstić information content (AvgIpc) is 2.65. The van der Waals surface area contributed by atoms with Gasteiger partial charge < -0.3 is 19.8 Å². The van der Waals surface area contributed by atoms with E-state index in [1.54, 1.807) is 0 Å². The lowest BCUT2D eigenvalue weighted by Gasteiger charge is -2.30. The Kier molecular flexibility index (Phi) is 10.3. The second-order valence-electron chi connectivity index (χ2n) is 6.68. The highest BCUT2D eigenvalue weighted by molar-refractivity contribution is 6.27. The lowest BCUT2D eigenvalue weighted by atomic mass is 10.0. The van der Waals surface area contributed by atoms with Crippen molar-refractivity contribution in [2.45, 2.75) is 39.7 Å². The van der Waals surface area contributed by atoms with E-state index >= 15 is 0 Å². The summed E-state index contributed by atoms with van der Waals surface area (Å²) >= 11 is 0. The van der Waals surface area contributed by atoms with Gasteiger partial charge in [-0.2, -0.15) is 0 Å². The number of carboxylic acid groups (broad SMARTS) is 2. The fraction of sp³-hybridized carbons (Fsp3) is 0.550. The van der Waals surface area contributed by atoms with Crippen molar-refractivity contribution >= 4 is 17.7 Å². The highest BCUT2D eigenvalue weighted by atomic mass is 16.5. The number of hydrogen-bond donors (Lipinski definition) is 2. The van der Waals surface area contributed by atoms with E-state index in [1.165, 1.54) is 25.9 Å². The molecule has 1 heterocycles. The maximum absolute atomic E-state index is 11.5. The summed E-state index contributed by atoms with van der Waals surface area (Å²) in [6.45, 7) is 9.06. The van der Waals surface area contributed by atoms with E-state index in [4.69, 9.17) is 24.5 Å². The number of likely N-dealkylation sites (tertiary alicyclic amines) is 1. The van der Waals surface area contributed by atoms with Crippen molar-refractivity contribution in [2.24, 2.45) is 5.92 Å². The number of aliphatic carboxylic acids is 2. The van der Waals surface area contributed by atoms with Crippen LogP contribution in [-0.4, -0.2) is 59.1 Å². The van der Waals surface area contributed by atoms with Crippen molar-refractivity contribution in [3.8, 4) is 0 Å². The maximum atomic E-state index is 11.5. The number of carbonyl (C=O) groups is 3. The SMILES string of the molecule is CCC(=O)c1ccc(COCCN2CCCC(C)C2)cc1.O=C(O)C(=O)O. The summed E-state index contributed by atoms with van der Waals surface area (Å²) in [5, 5.41) is 14.8. The van der Waals surface area contributed by atoms with E-state index in [2.05, 4.69) is 11.8 Å². The molecule has 0 bridgehead atoms. The summed E-state index contributed by atoms with van der Waals surface area (Å²) < 4.78 is 5.76.